The molecule has 2 heterocycles. The lowest BCUT2D eigenvalue weighted by atomic mass is 9.96. The number of hydrogen-bond donors (Lipinski definition) is 0. The molecule has 0 spiro atoms. The summed E-state index contributed by atoms with van der Waals surface area (Å²) < 4.78 is 33.9. The number of amides is 1. The molecule has 4 rings (SSSR count). The van der Waals surface area contributed by atoms with Crippen molar-refractivity contribution in [3.63, 3.8) is 0 Å². The number of carbonyl (C=O) groups excluding carboxylic acids is 1. The van der Waals surface area contributed by atoms with Gasteiger partial charge in [0.15, 0.2) is 10.7 Å². The van der Waals surface area contributed by atoms with Crippen LogP contribution in [0.5, 0.6) is 0 Å². The van der Waals surface area contributed by atoms with Gasteiger partial charge in [-0.15, -0.1) is 0 Å². The van der Waals surface area contributed by atoms with E-state index in [1.54, 1.807) is 13.0 Å². The first-order valence-corrected chi connectivity index (χ1v) is 13.8. The van der Waals surface area contributed by atoms with Gasteiger partial charge >= 0.3 is 0 Å². The van der Waals surface area contributed by atoms with Crippen LogP contribution in [0.25, 0.3) is 12.2 Å². The molecule has 0 atom stereocenters. The molecule has 1 aromatic heterocycles. The molecule has 0 saturated carbocycles. The number of piperidine rings is 1. The van der Waals surface area contributed by atoms with Gasteiger partial charge in [-0.25, -0.2) is 8.42 Å². The number of sulfonamides is 1. The van der Waals surface area contributed by atoms with Gasteiger partial charge in [0.25, 0.3) is 0 Å². The highest BCUT2D eigenvalue weighted by molar-refractivity contribution is 7.89. The van der Waals surface area contributed by atoms with Crippen molar-refractivity contribution in [1.29, 1.82) is 0 Å². The maximum Gasteiger partial charge on any atom is 0.248 e. The third kappa shape index (κ3) is 5.77. The van der Waals surface area contributed by atoms with Gasteiger partial charge in [-0.05, 0) is 50.8 Å². The molecule has 190 valence electrons. The highest BCUT2D eigenvalue weighted by Crippen LogP contribution is 2.30. The molecule has 0 aliphatic carbocycles. The monoisotopic (exact) mass is 507 g/mol. The van der Waals surface area contributed by atoms with E-state index in [-0.39, 0.29) is 35.6 Å². The predicted octanol–water partition coefficient (Wildman–Crippen LogP) is 4.91. The van der Waals surface area contributed by atoms with E-state index >= 15 is 0 Å². The van der Waals surface area contributed by atoms with E-state index < -0.39 is 10.0 Å². The highest BCUT2D eigenvalue weighted by atomic mass is 32.2. The van der Waals surface area contributed by atoms with Gasteiger partial charge in [0.1, 0.15) is 5.69 Å². The molecule has 0 bridgehead atoms. The van der Waals surface area contributed by atoms with Crippen molar-refractivity contribution in [1.82, 2.24) is 14.4 Å². The molecule has 7 nitrogen and oxygen atoms in total. The topological polar surface area (TPSA) is 83.7 Å². The average molecular weight is 508 g/mol. The minimum atomic E-state index is -3.81. The summed E-state index contributed by atoms with van der Waals surface area (Å²) >= 11 is 0. The van der Waals surface area contributed by atoms with Crippen molar-refractivity contribution in [2.24, 2.45) is 5.92 Å². The van der Waals surface area contributed by atoms with Crippen molar-refractivity contribution in [3.8, 4) is 0 Å². The normalized spacial score (nSPS) is 15.4. The van der Waals surface area contributed by atoms with E-state index in [0.29, 0.717) is 31.6 Å². The lowest BCUT2D eigenvalue weighted by Crippen LogP contribution is -2.44. The Morgan fingerprint density at radius 1 is 1.06 bits per heavy atom. The van der Waals surface area contributed by atoms with Crippen LogP contribution < -0.4 is 0 Å². The van der Waals surface area contributed by atoms with E-state index in [0.717, 1.165) is 16.7 Å². The second-order valence-electron chi connectivity index (χ2n) is 9.22. The van der Waals surface area contributed by atoms with Crippen molar-refractivity contribution in [2.75, 3.05) is 19.6 Å². The zero-order chi connectivity index (χ0) is 25.7. The number of hydrogen-bond acceptors (Lipinski definition) is 5. The van der Waals surface area contributed by atoms with Gasteiger partial charge in [-0.3, -0.25) is 4.79 Å². The molecular formula is C28H33N3O4S. The van der Waals surface area contributed by atoms with Gasteiger partial charge in [0, 0.05) is 32.1 Å². The van der Waals surface area contributed by atoms with Crippen LogP contribution in [0.3, 0.4) is 0 Å². The fourth-order valence-electron chi connectivity index (χ4n) is 4.53. The van der Waals surface area contributed by atoms with Crippen molar-refractivity contribution < 1.29 is 17.7 Å². The standard InChI is InChI=1S/C28H33N3O4S/c1-4-30(20-24-8-6-5-7-9-24)28(32)25-16-18-31(19-17-25)36(33,34)27-22(3)29-35-26(27)15-14-23-12-10-21(2)11-13-23/h5-15,25H,4,16-20H2,1-3H3/b15-14+. The van der Waals surface area contributed by atoms with Crippen molar-refractivity contribution >= 4 is 28.1 Å². The lowest BCUT2D eigenvalue weighted by molar-refractivity contribution is -0.137. The molecule has 1 aliphatic heterocycles. The molecule has 3 aromatic rings. The maximum absolute atomic E-state index is 13.6. The third-order valence-corrected chi connectivity index (χ3v) is 8.71. The van der Waals surface area contributed by atoms with Gasteiger partial charge < -0.3 is 9.42 Å². The van der Waals surface area contributed by atoms with Crippen molar-refractivity contribution in [3.05, 3.63) is 82.7 Å². The molecule has 1 fully saturated rings. The summed E-state index contributed by atoms with van der Waals surface area (Å²) in [5.74, 6) is 0.108. The van der Waals surface area contributed by atoms with Crippen LogP contribution in [0.15, 0.2) is 64.0 Å². The Morgan fingerprint density at radius 3 is 2.36 bits per heavy atom. The van der Waals surface area contributed by atoms with Gasteiger partial charge in [0.05, 0.1) is 0 Å². The first-order chi connectivity index (χ1) is 17.3. The summed E-state index contributed by atoms with van der Waals surface area (Å²) in [4.78, 5) is 15.1. The third-order valence-electron chi connectivity index (χ3n) is 6.65. The number of aromatic nitrogens is 1. The van der Waals surface area contributed by atoms with Crippen LogP contribution in [-0.2, 0) is 21.4 Å². The predicted molar refractivity (Wildman–Crippen MR) is 140 cm³/mol. The SMILES string of the molecule is CCN(Cc1ccccc1)C(=O)C1CCN(S(=O)(=O)c2c(C)noc2/C=C/c2ccc(C)cc2)CC1. The second-order valence-corrected chi connectivity index (χ2v) is 11.1. The summed E-state index contributed by atoms with van der Waals surface area (Å²) in [6.07, 6.45) is 4.44. The van der Waals surface area contributed by atoms with E-state index in [1.807, 2.05) is 79.4 Å². The number of aryl methyl sites for hydroxylation is 2. The zero-order valence-electron chi connectivity index (χ0n) is 21.1. The molecule has 2 aromatic carbocycles. The highest BCUT2D eigenvalue weighted by Gasteiger charge is 2.36. The summed E-state index contributed by atoms with van der Waals surface area (Å²) in [5, 5.41) is 3.93. The lowest BCUT2D eigenvalue weighted by Gasteiger charge is -2.33. The Kier molecular flexibility index (Phi) is 8.06. The fourth-order valence-corrected chi connectivity index (χ4v) is 6.25. The Balaban J connectivity index is 1.44. The molecule has 36 heavy (non-hydrogen) atoms. The number of rotatable bonds is 8. The van der Waals surface area contributed by atoms with Gasteiger partial charge in [-0.2, -0.15) is 4.31 Å². The maximum atomic E-state index is 13.6. The quantitative estimate of drug-likeness (QED) is 0.433. The Bertz CT molecular complexity index is 1310. The summed E-state index contributed by atoms with van der Waals surface area (Å²) in [6.45, 7) is 7.37. The fraction of sp³-hybridized carbons (Fsp3) is 0.357. The molecule has 1 amide bonds. The van der Waals surface area contributed by atoms with Crippen LogP contribution in [-0.4, -0.2) is 48.3 Å². The number of carbonyl (C=O) groups is 1. The first kappa shape index (κ1) is 25.9. The largest absolute Gasteiger partial charge is 0.355 e. The van der Waals surface area contributed by atoms with E-state index in [9.17, 15) is 13.2 Å². The molecule has 1 aliphatic rings. The molecule has 0 N–H and O–H groups in total. The summed E-state index contributed by atoms with van der Waals surface area (Å²) in [5.41, 5.74) is 3.50. The van der Waals surface area contributed by atoms with E-state index in [2.05, 4.69) is 5.16 Å². The van der Waals surface area contributed by atoms with Gasteiger partial charge in [0.2, 0.25) is 15.9 Å². The second kappa shape index (κ2) is 11.2. The van der Waals surface area contributed by atoms with Crippen molar-refractivity contribution in [2.45, 2.75) is 45.1 Å². The Morgan fingerprint density at radius 2 is 1.72 bits per heavy atom. The zero-order valence-corrected chi connectivity index (χ0v) is 21.9. The molecule has 1 saturated heterocycles. The van der Waals surface area contributed by atoms with Crippen LogP contribution in [0.1, 0.15) is 47.9 Å². The molecule has 0 radical (unpaired) electrons. The van der Waals surface area contributed by atoms with E-state index in [1.165, 1.54) is 4.31 Å². The number of nitrogens with zero attached hydrogens (tertiary/aromatic N) is 3. The number of benzene rings is 2. The van der Waals surface area contributed by atoms with Crippen LogP contribution in [0.4, 0.5) is 0 Å². The minimum Gasteiger partial charge on any atom is -0.355 e. The Hall–Kier alpha value is -3.23. The molecular weight excluding hydrogens is 474 g/mol. The average Bonchev–Trinajstić information content (AvgIpc) is 3.28. The van der Waals surface area contributed by atoms with Crippen LogP contribution >= 0.6 is 0 Å². The van der Waals surface area contributed by atoms with Crippen LogP contribution in [0, 0.1) is 19.8 Å². The smallest absolute Gasteiger partial charge is 0.248 e. The summed E-state index contributed by atoms with van der Waals surface area (Å²) in [7, 11) is -3.81. The summed E-state index contributed by atoms with van der Waals surface area (Å²) in [6, 6.07) is 17.8. The molecule has 0 unspecified atom stereocenters. The van der Waals surface area contributed by atoms with Crippen LogP contribution in [0.2, 0.25) is 0 Å². The Labute approximate surface area is 213 Å². The van der Waals surface area contributed by atoms with E-state index in [4.69, 9.17) is 4.52 Å². The minimum absolute atomic E-state index is 0.0845. The van der Waals surface area contributed by atoms with Gasteiger partial charge in [-0.1, -0.05) is 71.4 Å². The first-order valence-electron chi connectivity index (χ1n) is 12.3. The molecule has 8 heteroatoms.